The summed E-state index contributed by atoms with van der Waals surface area (Å²) in [5.41, 5.74) is 0. The standard InChI is InChI=1S/C12H23N3O3/c1-14(2)11(16)3-5-13-6-4-12(17)15-7-9-18-10-8-15/h13H,3-10H2,1-2H3. The topological polar surface area (TPSA) is 61.9 Å². The van der Waals surface area contributed by atoms with Crippen molar-refractivity contribution in [3.05, 3.63) is 0 Å². The molecule has 0 unspecified atom stereocenters. The van der Waals surface area contributed by atoms with Crippen molar-refractivity contribution in [1.29, 1.82) is 0 Å². The number of rotatable bonds is 6. The van der Waals surface area contributed by atoms with Crippen molar-refractivity contribution in [1.82, 2.24) is 15.1 Å². The molecule has 1 saturated heterocycles. The first kappa shape index (κ1) is 14.9. The van der Waals surface area contributed by atoms with Gasteiger partial charge in [0.25, 0.3) is 0 Å². The van der Waals surface area contributed by atoms with Gasteiger partial charge in [-0.25, -0.2) is 0 Å². The highest BCUT2D eigenvalue weighted by atomic mass is 16.5. The molecule has 0 aromatic carbocycles. The van der Waals surface area contributed by atoms with Gasteiger partial charge >= 0.3 is 0 Å². The van der Waals surface area contributed by atoms with Gasteiger partial charge in [0.1, 0.15) is 0 Å². The van der Waals surface area contributed by atoms with Gasteiger partial charge in [0.15, 0.2) is 0 Å². The van der Waals surface area contributed by atoms with E-state index in [1.165, 1.54) is 0 Å². The molecular weight excluding hydrogens is 234 g/mol. The third kappa shape index (κ3) is 5.46. The summed E-state index contributed by atoms with van der Waals surface area (Å²) in [5.74, 6) is 0.256. The molecule has 1 rings (SSSR count). The van der Waals surface area contributed by atoms with Crippen LogP contribution in [0.3, 0.4) is 0 Å². The summed E-state index contributed by atoms with van der Waals surface area (Å²) in [6.07, 6.45) is 0.953. The summed E-state index contributed by atoms with van der Waals surface area (Å²) in [4.78, 5) is 26.4. The van der Waals surface area contributed by atoms with E-state index in [0.717, 1.165) is 0 Å². The quantitative estimate of drug-likeness (QED) is 0.639. The second kappa shape index (κ2) is 8.05. The number of carbonyl (C=O) groups excluding carboxylic acids is 2. The van der Waals surface area contributed by atoms with Crippen LogP contribution in [0, 0.1) is 0 Å². The third-order valence-electron chi connectivity index (χ3n) is 2.89. The maximum absolute atomic E-state index is 11.8. The number of nitrogens with zero attached hydrogens (tertiary/aromatic N) is 2. The zero-order valence-electron chi connectivity index (χ0n) is 11.3. The molecule has 0 saturated carbocycles. The number of hydrogen-bond acceptors (Lipinski definition) is 4. The van der Waals surface area contributed by atoms with E-state index in [4.69, 9.17) is 4.74 Å². The monoisotopic (exact) mass is 257 g/mol. The van der Waals surface area contributed by atoms with E-state index in [0.29, 0.717) is 52.2 Å². The Kier molecular flexibility index (Phi) is 6.67. The van der Waals surface area contributed by atoms with Crippen molar-refractivity contribution in [2.45, 2.75) is 12.8 Å². The van der Waals surface area contributed by atoms with Gasteiger partial charge in [-0.05, 0) is 0 Å². The summed E-state index contributed by atoms with van der Waals surface area (Å²) in [7, 11) is 3.48. The van der Waals surface area contributed by atoms with Crippen molar-refractivity contribution in [2.24, 2.45) is 0 Å². The Balaban J connectivity index is 2.03. The van der Waals surface area contributed by atoms with Crippen LogP contribution in [0.1, 0.15) is 12.8 Å². The van der Waals surface area contributed by atoms with E-state index >= 15 is 0 Å². The fourth-order valence-electron chi connectivity index (χ4n) is 1.71. The number of carbonyl (C=O) groups is 2. The minimum atomic E-state index is 0.0991. The van der Waals surface area contributed by atoms with Gasteiger partial charge in [-0.3, -0.25) is 9.59 Å². The Morgan fingerprint density at radius 1 is 1.17 bits per heavy atom. The molecule has 2 amide bonds. The van der Waals surface area contributed by atoms with E-state index in [1.54, 1.807) is 19.0 Å². The number of nitrogens with one attached hydrogen (secondary N) is 1. The smallest absolute Gasteiger partial charge is 0.224 e. The molecule has 0 atom stereocenters. The molecule has 1 heterocycles. The number of morpholine rings is 1. The van der Waals surface area contributed by atoms with Crippen LogP contribution in [0.5, 0.6) is 0 Å². The van der Waals surface area contributed by atoms with Crippen molar-refractivity contribution >= 4 is 11.8 Å². The maximum atomic E-state index is 11.8. The second-order valence-electron chi connectivity index (χ2n) is 4.53. The SMILES string of the molecule is CN(C)C(=O)CCNCCC(=O)N1CCOCC1. The molecule has 0 bridgehead atoms. The molecule has 6 heteroatoms. The van der Waals surface area contributed by atoms with Gasteiger partial charge in [-0.2, -0.15) is 0 Å². The van der Waals surface area contributed by atoms with Gasteiger partial charge in [0, 0.05) is 53.1 Å². The first-order chi connectivity index (χ1) is 8.61. The van der Waals surface area contributed by atoms with E-state index in [2.05, 4.69) is 5.32 Å². The summed E-state index contributed by atoms with van der Waals surface area (Å²) in [6, 6.07) is 0. The van der Waals surface area contributed by atoms with Crippen molar-refractivity contribution < 1.29 is 14.3 Å². The zero-order chi connectivity index (χ0) is 13.4. The van der Waals surface area contributed by atoms with E-state index in [9.17, 15) is 9.59 Å². The van der Waals surface area contributed by atoms with Gasteiger partial charge in [0.2, 0.25) is 11.8 Å². The third-order valence-corrected chi connectivity index (χ3v) is 2.89. The molecule has 1 aliphatic rings. The van der Waals surface area contributed by atoms with E-state index < -0.39 is 0 Å². The lowest BCUT2D eigenvalue weighted by molar-refractivity contribution is -0.135. The van der Waals surface area contributed by atoms with Crippen LogP contribution >= 0.6 is 0 Å². The molecule has 0 aliphatic carbocycles. The number of hydrogen-bond donors (Lipinski definition) is 1. The molecule has 0 aromatic rings. The fourth-order valence-corrected chi connectivity index (χ4v) is 1.71. The molecule has 18 heavy (non-hydrogen) atoms. The first-order valence-corrected chi connectivity index (χ1v) is 6.37. The van der Waals surface area contributed by atoms with Crippen LogP contribution in [0.4, 0.5) is 0 Å². The summed E-state index contributed by atoms with van der Waals surface area (Å²) in [5, 5.41) is 3.11. The molecule has 1 fully saturated rings. The molecule has 0 aromatic heterocycles. The van der Waals surface area contributed by atoms with Crippen LogP contribution < -0.4 is 5.32 Å². The average molecular weight is 257 g/mol. The predicted molar refractivity (Wildman–Crippen MR) is 68.2 cm³/mol. The van der Waals surface area contributed by atoms with Gasteiger partial charge in [0.05, 0.1) is 13.2 Å². The summed E-state index contributed by atoms with van der Waals surface area (Å²) >= 11 is 0. The van der Waals surface area contributed by atoms with Crippen molar-refractivity contribution in [3.63, 3.8) is 0 Å². The highest BCUT2D eigenvalue weighted by Crippen LogP contribution is 1.99. The van der Waals surface area contributed by atoms with Crippen LogP contribution in [0.25, 0.3) is 0 Å². The maximum Gasteiger partial charge on any atom is 0.224 e. The Bertz CT molecular complexity index is 276. The largest absolute Gasteiger partial charge is 0.378 e. The lowest BCUT2D eigenvalue weighted by Gasteiger charge is -2.26. The second-order valence-corrected chi connectivity index (χ2v) is 4.53. The molecular formula is C12H23N3O3. The highest BCUT2D eigenvalue weighted by Gasteiger charge is 2.15. The Hall–Kier alpha value is -1.14. The molecule has 1 N–H and O–H groups in total. The Morgan fingerprint density at radius 3 is 2.39 bits per heavy atom. The summed E-state index contributed by atoms with van der Waals surface area (Å²) < 4.78 is 5.19. The number of ether oxygens (including phenoxy) is 1. The van der Waals surface area contributed by atoms with Crippen molar-refractivity contribution in [3.8, 4) is 0 Å². The lowest BCUT2D eigenvalue weighted by atomic mass is 10.3. The van der Waals surface area contributed by atoms with Crippen LogP contribution in [0.2, 0.25) is 0 Å². The Labute approximate surface area is 108 Å². The molecule has 0 radical (unpaired) electrons. The van der Waals surface area contributed by atoms with Gasteiger partial charge in [-0.15, -0.1) is 0 Å². The molecule has 0 spiro atoms. The van der Waals surface area contributed by atoms with Crippen LogP contribution in [-0.4, -0.2) is 75.1 Å². The predicted octanol–water partition coefficient (Wildman–Crippen LogP) is -0.697. The minimum absolute atomic E-state index is 0.0991. The van der Waals surface area contributed by atoms with Crippen LogP contribution in [-0.2, 0) is 14.3 Å². The minimum Gasteiger partial charge on any atom is -0.378 e. The Morgan fingerprint density at radius 2 is 1.78 bits per heavy atom. The molecule has 104 valence electrons. The number of amides is 2. The highest BCUT2D eigenvalue weighted by molar-refractivity contribution is 5.76. The van der Waals surface area contributed by atoms with E-state index in [1.807, 2.05) is 4.90 Å². The normalized spacial score (nSPS) is 15.6. The lowest BCUT2D eigenvalue weighted by Crippen LogP contribution is -2.41. The van der Waals surface area contributed by atoms with Crippen molar-refractivity contribution in [2.75, 3.05) is 53.5 Å². The first-order valence-electron chi connectivity index (χ1n) is 6.37. The average Bonchev–Trinajstić information content (AvgIpc) is 2.38. The zero-order valence-corrected chi connectivity index (χ0v) is 11.3. The fraction of sp³-hybridized carbons (Fsp3) is 0.833. The van der Waals surface area contributed by atoms with Crippen LogP contribution in [0.15, 0.2) is 0 Å². The van der Waals surface area contributed by atoms with E-state index in [-0.39, 0.29) is 11.8 Å². The molecule has 6 nitrogen and oxygen atoms in total. The van der Waals surface area contributed by atoms with Gasteiger partial charge in [-0.1, -0.05) is 0 Å². The van der Waals surface area contributed by atoms with Gasteiger partial charge < -0.3 is 19.9 Å². The summed E-state index contributed by atoms with van der Waals surface area (Å²) in [6.45, 7) is 3.90. The molecule has 1 aliphatic heterocycles.